The third-order valence-corrected chi connectivity index (χ3v) is 7.39. The van der Waals surface area contributed by atoms with Crippen LogP contribution in [0.1, 0.15) is 34.5 Å². The summed E-state index contributed by atoms with van der Waals surface area (Å²) < 4.78 is 29.4. The predicted octanol–water partition coefficient (Wildman–Crippen LogP) is 3.90. The number of hydrogen-bond acceptors (Lipinski definition) is 5. The van der Waals surface area contributed by atoms with Crippen LogP contribution in [-0.2, 0) is 29.9 Å². The molecule has 9 heteroatoms. The second-order valence-electron chi connectivity index (χ2n) is 8.11. The molecule has 0 spiro atoms. The molecule has 0 atom stereocenters. The summed E-state index contributed by atoms with van der Waals surface area (Å²) >= 11 is 0. The van der Waals surface area contributed by atoms with Crippen molar-refractivity contribution >= 4 is 38.3 Å². The monoisotopic (exact) mass is 461 g/mol. The summed E-state index contributed by atoms with van der Waals surface area (Å²) in [6.07, 6.45) is 8.69. The minimum atomic E-state index is -3.81. The molecule has 8 nitrogen and oxygen atoms in total. The summed E-state index contributed by atoms with van der Waals surface area (Å²) in [5.74, 6) is -0.112. The fourth-order valence-electron chi connectivity index (χ4n) is 4.34. The number of nitrogens with one attached hydrogen (secondary N) is 2. The number of rotatable bonds is 5. The second-order valence-corrected chi connectivity index (χ2v) is 9.79. The maximum Gasteiger partial charge on any atom is 0.272 e. The summed E-state index contributed by atoms with van der Waals surface area (Å²) in [5, 5.41) is 4.01. The van der Waals surface area contributed by atoms with Crippen molar-refractivity contribution in [2.24, 2.45) is 7.05 Å². The SMILES string of the molecule is Cn1c(C(=O)Nc2ccc(S(=O)(=O)Nc3cnccn3)cc2)cc2c3c(ccc21)CCCC3. The first-order chi connectivity index (χ1) is 15.9. The van der Waals surface area contributed by atoms with Crippen LogP contribution in [0.4, 0.5) is 11.5 Å². The molecule has 1 amide bonds. The highest BCUT2D eigenvalue weighted by molar-refractivity contribution is 7.92. The van der Waals surface area contributed by atoms with Gasteiger partial charge in [0.15, 0.2) is 5.82 Å². The zero-order valence-corrected chi connectivity index (χ0v) is 18.9. The van der Waals surface area contributed by atoms with Gasteiger partial charge in [0.05, 0.1) is 11.1 Å². The van der Waals surface area contributed by atoms with Gasteiger partial charge in [0.1, 0.15) is 5.69 Å². The Morgan fingerprint density at radius 2 is 1.82 bits per heavy atom. The Morgan fingerprint density at radius 3 is 2.58 bits per heavy atom. The largest absolute Gasteiger partial charge is 0.340 e. The number of carbonyl (C=O) groups excluding carboxylic acids is 1. The molecule has 1 aliphatic carbocycles. The molecule has 2 aromatic heterocycles. The van der Waals surface area contributed by atoms with Gasteiger partial charge in [-0.05, 0) is 73.2 Å². The Morgan fingerprint density at radius 1 is 1.03 bits per heavy atom. The van der Waals surface area contributed by atoms with E-state index >= 15 is 0 Å². The predicted molar refractivity (Wildman–Crippen MR) is 127 cm³/mol. The van der Waals surface area contributed by atoms with Gasteiger partial charge < -0.3 is 9.88 Å². The first-order valence-corrected chi connectivity index (χ1v) is 12.2. The summed E-state index contributed by atoms with van der Waals surface area (Å²) in [6, 6.07) is 12.2. The number of sulfonamides is 1. The molecule has 2 heterocycles. The van der Waals surface area contributed by atoms with E-state index in [0.29, 0.717) is 11.4 Å². The van der Waals surface area contributed by atoms with Gasteiger partial charge >= 0.3 is 0 Å². The second kappa shape index (κ2) is 8.32. The van der Waals surface area contributed by atoms with Gasteiger partial charge in [0.2, 0.25) is 0 Å². The van der Waals surface area contributed by atoms with E-state index in [2.05, 4.69) is 32.1 Å². The molecule has 4 aromatic rings. The molecule has 0 fully saturated rings. The Balaban J connectivity index is 1.36. The summed E-state index contributed by atoms with van der Waals surface area (Å²) in [6.45, 7) is 0. The zero-order valence-electron chi connectivity index (χ0n) is 18.1. The van der Waals surface area contributed by atoms with Gasteiger partial charge in [-0.25, -0.2) is 13.4 Å². The van der Waals surface area contributed by atoms with Crippen molar-refractivity contribution < 1.29 is 13.2 Å². The molecule has 0 radical (unpaired) electrons. The quantitative estimate of drug-likeness (QED) is 0.469. The van der Waals surface area contributed by atoms with Crippen LogP contribution < -0.4 is 10.0 Å². The van der Waals surface area contributed by atoms with Crippen molar-refractivity contribution in [3.63, 3.8) is 0 Å². The lowest BCUT2D eigenvalue weighted by Gasteiger charge is -2.16. The van der Waals surface area contributed by atoms with Crippen LogP contribution in [0.25, 0.3) is 10.9 Å². The summed E-state index contributed by atoms with van der Waals surface area (Å²) in [5.41, 5.74) is 4.82. The van der Waals surface area contributed by atoms with Crippen LogP contribution in [0.2, 0.25) is 0 Å². The number of fused-ring (bicyclic) bond motifs is 3. The van der Waals surface area contributed by atoms with Crippen molar-refractivity contribution in [3.05, 3.63) is 77.9 Å². The Kier molecular flexibility index (Phi) is 5.33. The van der Waals surface area contributed by atoms with Crippen LogP contribution in [0.15, 0.2) is 66.0 Å². The maximum atomic E-state index is 13.0. The molecule has 1 aliphatic rings. The molecular formula is C24H23N5O3S. The Bertz CT molecular complexity index is 1450. The zero-order chi connectivity index (χ0) is 23.0. The van der Waals surface area contributed by atoms with Gasteiger partial charge in [0.25, 0.3) is 15.9 Å². The fraction of sp³-hybridized carbons (Fsp3) is 0.208. The summed E-state index contributed by atoms with van der Waals surface area (Å²) in [7, 11) is -1.92. The van der Waals surface area contributed by atoms with Gasteiger partial charge in [-0.3, -0.25) is 14.5 Å². The number of anilines is 2. The van der Waals surface area contributed by atoms with Crippen molar-refractivity contribution in [1.82, 2.24) is 14.5 Å². The van der Waals surface area contributed by atoms with E-state index in [9.17, 15) is 13.2 Å². The standard InChI is InChI=1S/C24H23N5O3S/c1-29-21-11-6-16-4-2-3-5-19(16)20(21)14-22(29)24(30)27-17-7-9-18(10-8-17)33(31,32)28-23-15-25-12-13-26-23/h6-15H,2-5H2,1H3,(H,26,28)(H,27,30). The number of carbonyl (C=O) groups is 1. The molecule has 33 heavy (non-hydrogen) atoms. The van der Waals surface area contributed by atoms with Gasteiger partial charge in [-0.2, -0.15) is 0 Å². The fourth-order valence-corrected chi connectivity index (χ4v) is 5.33. The highest BCUT2D eigenvalue weighted by atomic mass is 32.2. The normalized spacial score (nSPS) is 13.5. The molecule has 5 rings (SSSR count). The van der Waals surface area contributed by atoms with Crippen molar-refractivity contribution in [2.45, 2.75) is 30.6 Å². The average molecular weight is 462 g/mol. The third-order valence-electron chi connectivity index (χ3n) is 6.01. The molecule has 2 N–H and O–H groups in total. The third kappa shape index (κ3) is 4.07. The molecule has 0 saturated carbocycles. The van der Waals surface area contributed by atoms with E-state index in [1.807, 2.05) is 17.7 Å². The maximum absolute atomic E-state index is 13.0. The molecule has 0 unspecified atom stereocenters. The van der Waals surface area contributed by atoms with E-state index in [4.69, 9.17) is 0 Å². The minimum Gasteiger partial charge on any atom is -0.340 e. The van der Waals surface area contributed by atoms with Crippen molar-refractivity contribution in [1.29, 1.82) is 0 Å². The number of aromatic nitrogens is 3. The number of nitrogens with zero attached hydrogens (tertiary/aromatic N) is 3. The van der Waals surface area contributed by atoms with Crippen LogP contribution in [0, 0.1) is 0 Å². The van der Waals surface area contributed by atoms with E-state index in [-0.39, 0.29) is 16.6 Å². The van der Waals surface area contributed by atoms with E-state index in [1.54, 1.807) is 12.1 Å². The molecule has 0 saturated heterocycles. The van der Waals surface area contributed by atoms with Crippen LogP contribution in [-0.4, -0.2) is 28.9 Å². The smallest absolute Gasteiger partial charge is 0.272 e. The topological polar surface area (TPSA) is 106 Å². The first kappa shape index (κ1) is 21.1. The van der Waals surface area contributed by atoms with Crippen molar-refractivity contribution in [2.75, 3.05) is 10.0 Å². The first-order valence-electron chi connectivity index (χ1n) is 10.7. The molecule has 0 bridgehead atoms. The molecule has 2 aromatic carbocycles. The van der Waals surface area contributed by atoms with Crippen LogP contribution in [0.3, 0.4) is 0 Å². The molecule has 168 valence electrons. The average Bonchev–Trinajstić information content (AvgIpc) is 3.17. The number of benzene rings is 2. The minimum absolute atomic E-state index is 0.0578. The summed E-state index contributed by atoms with van der Waals surface area (Å²) in [4.78, 5) is 20.8. The lowest BCUT2D eigenvalue weighted by Crippen LogP contribution is -2.16. The van der Waals surface area contributed by atoms with Gasteiger partial charge in [-0.15, -0.1) is 0 Å². The lowest BCUT2D eigenvalue weighted by atomic mass is 9.89. The molecular weight excluding hydrogens is 438 g/mol. The Hall–Kier alpha value is -3.72. The van der Waals surface area contributed by atoms with E-state index < -0.39 is 10.0 Å². The number of hydrogen-bond donors (Lipinski definition) is 2. The van der Waals surface area contributed by atoms with Crippen molar-refractivity contribution in [3.8, 4) is 0 Å². The highest BCUT2D eigenvalue weighted by Gasteiger charge is 2.20. The lowest BCUT2D eigenvalue weighted by molar-refractivity contribution is 0.101. The van der Waals surface area contributed by atoms with E-state index in [0.717, 1.165) is 23.7 Å². The van der Waals surface area contributed by atoms with Gasteiger partial charge in [-0.1, -0.05) is 6.07 Å². The molecule has 0 aliphatic heterocycles. The van der Waals surface area contributed by atoms with Crippen LogP contribution >= 0.6 is 0 Å². The highest BCUT2D eigenvalue weighted by Crippen LogP contribution is 2.31. The van der Waals surface area contributed by atoms with Gasteiger partial charge in [0, 0.05) is 36.0 Å². The number of amides is 1. The van der Waals surface area contributed by atoms with Crippen LogP contribution in [0.5, 0.6) is 0 Å². The van der Waals surface area contributed by atoms with E-state index in [1.165, 1.54) is 54.7 Å². The number of aryl methyl sites for hydroxylation is 3. The Labute approximate surface area is 191 Å².